The standard InChI is InChI=1S/C14H24N4/c1-11(15)12-4-5-14(16-10-12)18(3)13-6-8-17(2)9-7-13/h4-5,10-11,13H,6-9,15H2,1-3H3/t11-/m1/s1. The van der Waals surface area contributed by atoms with Crippen molar-refractivity contribution >= 4 is 5.82 Å². The van der Waals surface area contributed by atoms with Gasteiger partial charge in [-0.1, -0.05) is 6.07 Å². The Morgan fingerprint density at radius 3 is 2.56 bits per heavy atom. The topological polar surface area (TPSA) is 45.4 Å². The van der Waals surface area contributed by atoms with Crippen molar-refractivity contribution in [2.24, 2.45) is 5.73 Å². The van der Waals surface area contributed by atoms with Crippen LogP contribution >= 0.6 is 0 Å². The maximum absolute atomic E-state index is 5.84. The Morgan fingerprint density at radius 2 is 2.06 bits per heavy atom. The second-order valence-corrected chi connectivity index (χ2v) is 5.38. The van der Waals surface area contributed by atoms with Crippen LogP contribution in [0, 0.1) is 0 Å². The predicted octanol–water partition coefficient (Wildman–Crippen LogP) is 1.63. The molecule has 4 heteroatoms. The Bertz CT molecular complexity index is 366. The van der Waals surface area contributed by atoms with Crippen LogP contribution in [0.25, 0.3) is 0 Å². The third kappa shape index (κ3) is 3.00. The molecular weight excluding hydrogens is 224 g/mol. The summed E-state index contributed by atoms with van der Waals surface area (Å²) in [6.07, 6.45) is 4.32. The van der Waals surface area contributed by atoms with Crippen molar-refractivity contribution in [2.75, 3.05) is 32.1 Å². The van der Waals surface area contributed by atoms with E-state index in [1.54, 1.807) is 0 Å². The van der Waals surface area contributed by atoms with Crippen LogP contribution in [0.5, 0.6) is 0 Å². The summed E-state index contributed by atoms with van der Waals surface area (Å²) in [7, 11) is 4.33. The summed E-state index contributed by atoms with van der Waals surface area (Å²) in [6.45, 7) is 4.33. The Morgan fingerprint density at radius 1 is 1.39 bits per heavy atom. The van der Waals surface area contributed by atoms with Crippen LogP contribution in [0.3, 0.4) is 0 Å². The number of hydrogen-bond acceptors (Lipinski definition) is 4. The van der Waals surface area contributed by atoms with Crippen molar-refractivity contribution in [1.29, 1.82) is 0 Å². The van der Waals surface area contributed by atoms with Crippen molar-refractivity contribution in [1.82, 2.24) is 9.88 Å². The molecule has 1 saturated heterocycles. The van der Waals surface area contributed by atoms with E-state index < -0.39 is 0 Å². The summed E-state index contributed by atoms with van der Waals surface area (Å²) in [6, 6.07) is 4.82. The minimum atomic E-state index is 0.0557. The van der Waals surface area contributed by atoms with Gasteiger partial charge in [-0.3, -0.25) is 0 Å². The molecule has 0 unspecified atom stereocenters. The minimum absolute atomic E-state index is 0.0557. The summed E-state index contributed by atoms with van der Waals surface area (Å²) >= 11 is 0. The fourth-order valence-corrected chi connectivity index (χ4v) is 2.44. The van der Waals surface area contributed by atoms with Gasteiger partial charge in [0.25, 0.3) is 0 Å². The smallest absolute Gasteiger partial charge is 0.128 e. The highest BCUT2D eigenvalue weighted by Gasteiger charge is 2.21. The van der Waals surface area contributed by atoms with E-state index >= 15 is 0 Å². The van der Waals surface area contributed by atoms with Crippen LogP contribution in [0.4, 0.5) is 5.82 Å². The summed E-state index contributed by atoms with van der Waals surface area (Å²) < 4.78 is 0. The van der Waals surface area contributed by atoms with Crippen molar-refractivity contribution in [3.63, 3.8) is 0 Å². The van der Waals surface area contributed by atoms with E-state index in [0.29, 0.717) is 6.04 Å². The highest BCUT2D eigenvalue weighted by molar-refractivity contribution is 5.40. The van der Waals surface area contributed by atoms with Crippen molar-refractivity contribution in [3.05, 3.63) is 23.9 Å². The van der Waals surface area contributed by atoms with E-state index in [0.717, 1.165) is 11.4 Å². The molecule has 1 aliphatic heterocycles. The highest BCUT2D eigenvalue weighted by Crippen LogP contribution is 2.20. The van der Waals surface area contributed by atoms with Gasteiger partial charge >= 0.3 is 0 Å². The third-order valence-corrected chi connectivity index (χ3v) is 3.89. The fourth-order valence-electron chi connectivity index (χ4n) is 2.44. The molecule has 2 heterocycles. The Balaban J connectivity index is 2.02. The molecule has 18 heavy (non-hydrogen) atoms. The van der Waals surface area contributed by atoms with Gasteiger partial charge in [0, 0.05) is 25.3 Å². The fraction of sp³-hybridized carbons (Fsp3) is 0.643. The van der Waals surface area contributed by atoms with Crippen LogP contribution in [-0.4, -0.2) is 43.1 Å². The number of rotatable bonds is 3. The monoisotopic (exact) mass is 248 g/mol. The van der Waals surface area contributed by atoms with Gasteiger partial charge < -0.3 is 15.5 Å². The molecule has 0 bridgehead atoms. The first kappa shape index (κ1) is 13.3. The lowest BCUT2D eigenvalue weighted by Crippen LogP contribution is -2.42. The molecule has 2 N–H and O–H groups in total. The minimum Gasteiger partial charge on any atom is -0.357 e. The Labute approximate surface area is 110 Å². The maximum atomic E-state index is 5.84. The maximum Gasteiger partial charge on any atom is 0.128 e. The first-order chi connectivity index (χ1) is 8.58. The van der Waals surface area contributed by atoms with E-state index in [4.69, 9.17) is 5.73 Å². The van der Waals surface area contributed by atoms with Gasteiger partial charge in [0.1, 0.15) is 5.82 Å². The number of nitrogens with two attached hydrogens (primary N) is 1. The Hall–Kier alpha value is -1.13. The zero-order chi connectivity index (χ0) is 13.1. The molecule has 1 aromatic rings. The van der Waals surface area contributed by atoms with Crippen LogP contribution in [0.15, 0.2) is 18.3 Å². The van der Waals surface area contributed by atoms with E-state index in [-0.39, 0.29) is 6.04 Å². The number of pyridine rings is 1. The zero-order valence-electron chi connectivity index (χ0n) is 11.6. The third-order valence-electron chi connectivity index (χ3n) is 3.89. The van der Waals surface area contributed by atoms with Crippen molar-refractivity contribution in [3.8, 4) is 0 Å². The number of anilines is 1. The summed E-state index contributed by atoms with van der Waals surface area (Å²) in [5.74, 6) is 1.05. The molecule has 1 aromatic heterocycles. The predicted molar refractivity (Wildman–Crippen MR) is 75.8 cm³/mol. The van der Waals surface area contributed by atoms with Crippen LogP contribution in [0.2, 0.25) is 0 Å². The summed E-state index contributed by atoms with van der Waals surface area (Å²) in [5, 5.41) is 0. The molecule has 0 aromatic carbocycles. The lowest BCUT2D eigenvalue weighted by atomic mass is 10.0. The molecule has 0 amide bonds. The first-order valence-electron chi connectivity index (χ1n) is 6.71. The van der Waals surface area contributed by atoms with Gasteiger partial charge in [0.2, 0.25) is 0 Å². The summed E-state index contributed by atoms with van der Waals surface area (Å²) in [5.41, 5.74) is 6.93. The number of likely N-dealkylation sites (tertiary alicyclic amines) is 1. The molecule has 0 aliphatic carbocycles. The molecule has 0 spiro atoms. The van der Waals surface area contributed by atoms with Gasteiger partial charge in [-0.15, -0.1) is 0 Å². The first-order valence-corrected chi connectivity index (χ1v) is 6.71. The number of piperidine rings is 1. The largest absolute Gasteiger partial charge is 0.357 e. The SMILES string of the molecule is C[C@@H](N)c1ccc(N(C)C2CCN(C)CC2)nc1. The Kier molecular flexibility index (Phi) is 4.19. The number of hydrogen-bond donors (Lipinski definition) is 1. The second kappa shape index (κ2) is 5.67. The molecule has 4 nitrogen and oxygen atoms in total. The lowest BCUT2D eigenvalue weighted by Gasteiger charge is -2.35. The summed E-state index contributed by atoms with van der Waals surface area (Å²) in [4.78, 5) is 9.22. The number of aromatic nitrogens is 1. The second-order valence-electron chi connectivity index (χ2n) is 5.38. The van der Waals surface area contributed by atoms with E-state index in [1.165, 1.54) is 25.9 Å². The van der Waals surface area contributed by atoms with Gasteiger partial charge in [-0.25, -0.2) is 4.98 Å². The molecule has 1 fully saturated rings. The van der Waals surface area contributed by atoms with E-state index in [2.05, 4.69) is 41.0 Å². The molecule has 100 valence electrons. The number of nitrogens with zero attached hydrogens (tertiary/aromatic N) is 3. The molecule has 1 atom stereocenters. The molecular formula is C14H24N4. The lowest BCUT2D eigenvalue weighted by molar-refractivity contribution is 0.252. The van der Waals surface area contributed by atoms with Gasteiger partial charge in [0.05, 0.1) is 0 Å². The average molecular weight is 248 g/mol. The van der Waals surface area contributed by atoms with E-state index in [9.17, 15) is 0 Å². The van der Waals surface area contributed by atoms with E-state index in [1.807, 2.05) is 13.1 Å². The van der Waals surface area contributed by atoms with Crippen LogP contribution < -0.4 is 10.6 Å². The molecule has 0 saturated carbocycles. The van der Waals surface area contributed by atoms with Crippen molar-refractivity contribution < 1.29 is 0 Å². The quantitative estimate of drug-likeness (QED) is 0.883. The molecule has 1 aliphatic rings. The molecule has 2 rings (SSSR count). The average Bonchev–Trinajstić information content (AvgIpc) is 2.39. The van der Waals surface area contributed by atoms with Gasteiger partial charge in [0.15, 0.2) is 0 Å². The van der Waals surface area contributed by atoms with Crippen molar-refractivity contribution in [2.45, 2.75) is 31.8 Å². The van der Waals surface area contributed by atoms with Crippen LogP contribution in [0.1, 0.15) is 31.4 Å². The molecule has 0 radical (unpaired) electrons. The zero-order valence-corrected chi connectivity index (χ0v) is 11.6. The van der Waals surface area contributed by atoms with Gasteiger partial charge in [-0.05, 0) is 51.5 Å². The van der Waals surface area contributed by atoms with Gasteiger partial charge in [-0.2, -0.15) is 0 Å². The van der Waals surface area contributed by atoms with Crippen LogP contribution in [-0.2, 0) is 0 Å². The highest BCUT2D eigenvalue weighted by atomic mass is 15.2. The normalized spacial score (nSPS) is 19.8.